The van der Waals surface area contributed by atoms with Crippen molar-refractivity contribution in [1.82, 2.24) is 23.7 Å². The van der Waals surface area contributed by atoms with Crippen LogP contribution in [0, 0.1) is 6.92 Å². The minimum absolute atomic E-state index is 0.212. The molecule has 0 radical (unpaired) electrons. The fraction of sp³-hybridized carbons (Fsp3) is 0.368. The zero-order valence-electron chi connectivity index (χ0n) is 16.8. The van der Waals surface area contributed by atoms with Crippen molar-refractivity contribution in [3.05, 3.63) is 52.5 Å². The van der Waals surface area contributed by atoms with Crippen LogP contribution in [0.5, 0.6) is 0 Å². The minimum atomic E-state index is -0.697. The molecule has 31 heavy (non-hydrogen) atoms. The summed E-state index contributed by atoms with van der Waals surface area (Å²) in [6.07, 6.45) is -1.22. The maximum Gasteiger partial charge on any atom is 0.331 e. The van der Waals surface area contributed by atoms with E-state index in [1.807, 2.05) is 16.9 Å². The summed E-state index contributed by atoms with van der Waals surface area (Å²) in [5, 5.41) is 15.7. The molecule has 12 heteroatoms. The van der Waals surface area contributed by atoms with Crippen molar-refractivity contribution in [2.75, 3.05) is 6.61 Å². The van der Waals surface area contributed by atoms with E-state index in [9.17, 15) is 14.7 Å². The molecule has 1 N–H and O–H groups in total. The van der Waals surface area contributed by atoms with Crippen LogP contribution in [0.15, 0.2) is 20.3 Å². The highest BCUT2D eigenvalue weighted by Crippen LogP contribution is 2.42. The highest BCUT2D eigenvalue weighted by Gasteiger charge is 2.38. The van der Waals surface area contributed by atoms with E-state index in [-0.39, 0.29) is 6.61 Å². The fourth-order valence-electron chi connectivity index (χ4n) is 4.10. The first-order valence-electron chi connectivity index (χ1n) is 9.43. The van der Waals surface area contributed by atoms with Gasteiger partial charge in [0.25, 0.3) is 5.56 Å². The number of rotatable bonds is 3. The maximum atomic E-state index is 13.3. The molecule has 1 aliphatic heterocycles. The molecule has 4 aromatic rings. The summed E-state index contributed by atoms with van der Waals surface area (Å²) >= 11 is 8.87. The molecule has 1 aliphatic rings. The zero-order chi connectivity index (χ0) is 22.0. The van der Waals surface area contributed by atoms with Gasteiger partial charge in [0.15, 0.2) is 6.10 Å². The van der Waals surface area contributed by atoms with E-state index >= 15 is 0 Å². The summed E-state index contributed by atoms with van der Waals surface area (Å²) in [5.41, 5.74) is 1.51. The third kappa shape index (κ3) is 3.03. The standard InChI is InChI=1S/C19H18ClN5O4S2/c1-8-21-10(6-30-8)13-12-14(23(2)19(28)24(3)18(12)27)15-16(17-22-11(20)7-31-17)29-9(5-26)4-25(13)15/h6-7,9,16,26H,4-5H2,1-3H3/t9-,16+/m0/s1. The summed E-state index contributed by atoms with van der Waals surface area (Å²) in [4.78, 5) is 35.1. The molecule has 0 unspecified atom stereocenters. The molecule has 0 saturated carbocycles. The summed E-state index contributed by atoms with van der Waals surface area (Å²) in [6.45, 7) is 1.99. The average Bonchev–Trinajstić information content (AvgIpc) is 3.46. The van der Waals surface area contributed by atoms with Crippen LogP contribution in [0.4, 0.5) is 0 Å². The number of hydrogen-bond donors (Lipinski definition) is 1. The van der Waals surface area contributed by atoms with Gasteiger partial charge in [0.2, 0.25) is 0 Å². The van der Waals surface area contributed by atoms with E-state index < -0.39 is 23.5 Å². The molecule has 2 atom stereocenters. The molecule has 4 aromatic heterocycles. The van der Waals surface area contributed by atoms with Gasteiger partial charge in [-0.3, -0.25) is 13.9 Å². The van der Waals surface area contributed by atoms with E-state index in [1.54, 1.807) is 12.4 Å². The quantitative estimate of drug-likeness (QED) is 0.482. The number of aliphatic hydroxyl groups excluding tert-OH is 1. The number of thiazole rings is 2. The van der Waals surface area contributed by atoms with Crippen molar-refractivity contribution >= 4 is 45.2 Å². The van der Waals surface area contributed by atoms with Gasteiger partial charge in [-0.15, -0.1) is 22.7 Å². The van der Waals surface area contributed by atoms with Crippen molar-refractivity contribution in [3.8, 4) is 11.4 Å². The molecule has 5 rings (SSSR count). The van der Waals surface area contributed by atoms with Crippen LogP contribution in [-0.4, -0.2) is 41.5 Å². The largest absolute Gasteiger partial charge is 0.394 e. The number of aromatic nitrogens is 5. The Balaban J connectivity index is 1.96. The van der Waals surface area contributed by atoms with E-state index in [0.717, 1.165) is 9.57 Å². The number of halogens is 1. The van der Waals surface area contributed by atoms with Gasteiger partial charge < -0.3 is 14.4 Å². The van der Waals surface area contributed by atoms with Crippen LogP contribution in [0.3, 0.4) is 0 Å². The third-order valence-corrected chi connectivity index (χ3v) is 7.44. The van der Waals surface area contributed by atoms with Crippen LogP contribution in [-0.2, 0) is 25.4 Å². The maximum absolute atomic E-state index is 13.3. The summed E-state index contributed by atoms with van der Waals surface area (Å²) < 4.78 is 10.6. The molecular weight excluding hydrogens is 462 g/mol. The van der Waals surface area contributed by atoms with E-state index in [2.05, 4.69) is 9.97 Å². The smallest absolute Gasteiger partial charge is 0.331 e. The first-order chi connectivity index (χ1) is 14.8. The van der Waals surface area contributed by atoms with Crippen molar-refractivity contribution in [2.45, 2.75) is 25.7 Å². The second-order valence-electron chi connectivity index (χ2n) is 7.35. The Morgan fingerprint density at radius 1 is 1.23 bits per heavy atom. The lowest BCUT2D eigenvalue weighted by atomic mass is 10.1. The fourth-order valence-corrected chi connectivity index (χ4v) is 5.69. The van der Waals surface area contributed by atoms with Crippen molar-refractivity contribution in [3.63, 3.8) is 0 Å². The molecule has 0 aromatic carbocycles. The van der Waals surface area contributed by atoms with Gasteiger partial charge in [0, 0.05) is 24.9 Å². The van der Waals surface area contributed by atoms with Crippen LogP contribution in [0.25, 0.3) is 22.3 Å². The molecule has 9 nitrogen and oxygen atoms in total. The lowest BCUT2D eigenvalue weighted by Gasteiger charge is -2.31. The van der Waals surface area contributed by atoms with Crippen LogP contribution in [0.2, 0.25) is 5.15 Å². The van der Waals surface area contributed by atoms with Gasteiger partial charge in [0.05, 0.1) is 52.2 Å². The number of hydrogen-bond acceptors (Lipinski definition) is 8. The highest BCUT2D eigenvalue weighted by molar-refractivity contribution is 7.10. The van der Waals surface area contributed by atoms with Crippen molar-refractivity contribution in [2.24, 2.45) is 14.1 Å². The van der Waals surface area contributed by atoms with Crippen molar-refractivity contribution < 1.29 is 9.84 Å². The SMILES string of the molecule is Cc1nc(-c2c3c(=O)n(C)c(=O)n(C)c3c3n2C[C@@H](CO)O[C@H]3c2nc(Cl)cs2)cs1. The minimum Gasteiger partial charge on any atom is -0.394 e. The molecule has 0 aliphatic carbocycles. The third-order valence-electron chi connectivity index (χ3n) is 5.45. The van der Waals surface area contributed by atoms with Gasteiger partial charge >= 0.3 is 5.69 Å². The second kappa shape index (κ2) is 7.38. The van der Waals surface area contributed by atoms with Crippen LogP contribution in [0.1, 0.15) is 21.8 Å². The Bertz CT molecular complexity index is 1450. The molecule has 0 bridgehead atoms. The van der Waals surface area contributed by atoms with E-state index in [4.69, 9.17) is 16.3 Å². The first kappa shape index (κ1) is 20.6. The zero-order valence-corrected chi connectivity index (χ0v) is 19.2. The van der Waals surface area contributed by atoms with Gasteiger partial charge in [0.1, 0.15) is 10.2 Å². The molecule has 5 heterocycles. The molecule has 162 valence electrons. The Labute approximate surface area is 188 Å². The lowest BCUT2D eigenvalue weighted by molar-refractivity contribution is -0.0517. The summed E-state index contributed by atoms with van der Waals surface area (Å²) in [7, 11) is 3.09. The van der Waals surface area contributed by atoms with Gasteiger partial charge in [-0.25, -0.2) is 14.8 Å². The monoisotopic (exact) mass is 479 g/mol. The highest BCUT2D eigenvalue weighted by atomic mass is 35.5. The van der Waals surface area contributed by atoms with Gasteiger partial charge in [-0.1, -0.05) is 11.6 Å². The first-order valence-corrected chi connectivity index (χ1v) is 11.6. The van der Waals surface area contributed by atoms with Crippen LogP contribution >= 0.6 is 34.3 Å². The Morgan fingerprint density at radius 3 is 2.61 bits per heavy atom. The number of aryl methyl sites for hydroxylation is 2. The average molecular weight is 480 g/mol. The number of fused-ring (bicyclic) bond motifs is 3. The molecule has 0 amide bonds. The predicted molar refractivity (Wildman–Crippen MR) is 119 cm³/mol. The normalized spacial score (nSPS) is 18.6. The van der Waals surface area contributed by atoms with Crippen molar-refractivity contribution in [1.29, 1.82) is 0 Å². The lowest BCUT2D eigenvalue weighted by Crippen LogP contribution is -2.37. The van der Waals surface area contributed by atoms with E-state index in [1.165, 1.54) is 34.3 Å². The molecule has 0 saturated heterocycles. The summed E-state index contributed by atoms with van der Waals surface area (Å²) in [6, 6.07) is 0. The Kier molecular flexibility index (Phi) is 4.90. The summed E-state index contributed by atoms with van der Waals surface area (Å²) in [5.74, 6) is 0. The Morgan fingerprint density at radius 2 is 2.00 bits per heavy atom. The Hall–Kier alpha value is -2.31. The number of nitrogens with zero attached hydrogens (tertiary/aromatic N) is 5. The predicted octanol–water partition coefficient (Wildman–Crippen LogP) is 2.06. The second-order valence-corrected chi connectivity index (χ2v) is 9.69. The van der Waals surface area contributed by atoms with Gasteiger partial charge in [-0.05, 0) is 6.92 Å². The van der Waals surface area contributed by atoms with Gasteiger partial charge in [-0.2, -0.15) is 0 Å². The molecule has 0 spiro atoms. The number of ether oxygens (including phenoxy) is 1. The topological polar surface area (TPSA) is 104 Å². The van der Waals surface area contributed by atoms with Crippen LogP contribution < -0.4 is 11.2 Å². The van der Waals surface area contributed by atoms with E-state index in [0.29, 0.717) is 44.7 Å². The number of aliphatic hydroxyl groups is 1. The molecule has 0 fully saturated rings. The molecular formula is C19H18ClN5O4S2.